The standard InChI is InChI=1S/C18H18.C2H6.4CH4/c1-5-13(2)10-15(4)16-8-9-17-11-14(3)6-7-18(17)12-16;1-2;;;;/h5-12H,1,4H2,2-3H3;1-2H3;4*1H4/b13-10-;;;;;. The maximum absolute atomic E-state index is 4.11. The third kappa shape index (κ3) is 7.97. The summed E-state index contributed by atoms with van der Waals surface area (Å²) in [4.78, 5) is 0. The zero-order chi connectivity index (χ0) is 15.1. The summed E-state index contributed by atoms with van der Waals surface area (Å²) in [6.07, 6.45) is 3.90. The van der Waals surface area contributed by atoms with Crippen molar-refractivity contribution >= 4 is 16.3 Å². The molecule has 0 amide bonds. The number of fused-ring (bicyclic) bond motifs is 1. The van der Waals surface area contributed by atoms with E-state index in [2.05, 4.69) is 62.6 Å². The second-order valence-corrected chi connectivity index (χ2v) is 4.68. The summed E-state index contributed by atoms with van der Waals surface area (Å²) in [6, 6.07) is 13.0. The highest BCUT2D eigenvalue weighted by Crippen LogP contribution is 2.22. The molecule has 0 nitrogen and oxygen atoms in total. The Morgan fingerprint density at radius 2 is 1.38 bits per heavy atom. The van der Waals surface area contributed by atoms with E-state index in [0.717, 1.165) is 16.7 Å². The Kier molecular flexibility index (Phi) is 18.1. The van der Waals surface area contributed by atoms with Crippen molar-refractivity contribution in [3.8, 4) is 0 Å². The second kappa shape index (κ2) is 14.5. The number of allylic oxidation sites excluding steroid dienone is 4. The quantitative estimate of drug-likeness (QED) is 0.493. The lowest BCUT2D eigenvalue weighted by molar-refractivity contribution is 1.50. The van der Waals surface area contributed by atoms with Gasteiger partial charge in [0, 0.05) is 0 Å². The van der Waals surface area contributed by atoms with E-state index in [-0.39, 0.29) is 29.7 Å². The molecule has 0 unspecified atom stereocenters. The third-order valence-electron chi connectivity index (χ3n) is 3.09. The maximum Gasteiger partial charge on any atom is -0.0178 e. The number of rotatable bonds is 3. The van der Waals surface area contributed by atoms with E-state index in [4.69, 9.17) is 0 Å². The molecule has 0 fully saturated rings. The fourth-order valence-corrected chi connectivity index (χ4v) is 1.98. The van der Waals surface area contributed by atoms with Crippen LogP contribution in [0, 0.1) is 6.92 Å². The molecule has 0 bridgehead atoms. The molecular formula is C24H40. The fraction of sp³-hybridized carbons (Fsp3) is 0.333. The van der Waals surface area contributed by atoms with Crippen LogP contribution in [-0.2, 0) is 0 Å². The second-order valence-electron chi connectivity index (χ2n) is 4.68. The van der Waals surface area contributed by atoms with E-state index in [9.17, 15) is 0 Å². The fourth-order valence-electron chi connectivity index (χ4n) is 1.98. The summed E-state index contributed by atoms with van der Waals surface area (Å²) < 4.78 is 0. The van der Waals surface area contributed by atoms with Crippen molar-refractivity contribution in [2.75, 3.05) is 0 Å². The van der Waals surface area contributed by atoms with Gasteiger partial charge in [-0.1, -0.05) is 110 Å². The van der Waals surface area contributed by atoms with Crippen LogP contribution >= 0.6 is 0 Å². The van der Waals surface area contributed by atoms with E-state index in [1.807, 2.05) is 26.8 Å². The topological polar surface area (TPSA) is 0 Å². The van der Waals surface area contributed by atoms with Crippen molar-refractivity contribution in [3.05, 3.63) is 78.4 Å². The van der Waals surface area contributed by atoms with Crippen molar-refractivity contribution in [3.63, 3.8) is 0 Å². The highest BCUT2D eigenvalue weighted by atomic mass is 14.0. The van der Waals surface area contributed by atoms with Gasteiger partial charge in [0.05, 0.1) is 0 Å². The molecule has 0 heterocycles. The van der Waals surface area contributed by atoms with Crippen LogP contribution < -0.4 is 0 Å². The van der Waals surface area contributed by atoms with Crippen LogP contribution in [0.3, 0.4) is 0 Å². The van der Waals surface area contributed by atoms with Crippen molar-refractivity contribution < 1.29 is 0 Å². The van der Waals surface area contributed by atoms with E-state index in [0.29, 0.717) is 0 Å². The first kappa shape index (κ1) is 29.9. The zero-order valence-electron chi connectivity index (χ0n) is 13.0. The molecule has 0 heteroatoms. The number of hydrogen-bond acceptors (Lipinski definition) is 0. The van der Waals surface area contributed by atoms with Crippen molar-refractivity contribution in [2.24, 2.45) is 0 Å². The van der Waals surface area contributed by atoms with E-state index in [1.54, 1.807) is 0 Å². The van der Waals surface area contributed by atoms with Crippen LogP contribution in [0.4, 0.5) is 0 Å². The highest BCUT2D eigenvalue weighted by Gasteiger charge is 1.99. The molecule has 24 heavy (non-hydrogen) atoms. The molecule has 0 saturated carbocycles. The van der Waals surface area contributed by atoms with Crippen molar-refractivity contribution in [1.29, 1.82) is 0 Å². The minimum atomic E-state index is 0. The lowest BCUT2D eigenvalue weighted by atomic mass is 10.00. The molecule has 0 aliphatic rings. The molecule has 0 aliphatic heterocycles. The first-order valence-electron chi connectivity index (χ1n) is 7.10. The van der Waals surface area contributed by atoms with Crippen molar-refractivity contribution in [2.45, 2.75) is 57.4 Å². The number of aryl methyl sites for hydroxylation is 1. The Hall–Kier alpha value is -2.08. The smallest absolute Gasteiger partial charge is 0.0178 e. The Morgan fingerprint density at radius 3 is 1.92 bits per heavy atom. The number of benzene rings is 2. The molecule has 0 atom stereocenters. The molecule has 0 N–H and O–H groups in total. The number of hydrogen-bond donors (Lipinski definition) is 0. The normalized spacial score (nSPS) is 8.92. The van der Waals surface area contributed by atoms with E-state index >= 15 is 0 Å². The van der Waals surface area contributed by atoms with Crippen LogP contribution in [0.2, 0.25) is 0 Å². The molecule has 0 aromatic heterocycles. The molecule has 136 valence electrons. The van der Waals surface area contributed by atoms with Gasteiger partial charge in [0.25, 0.3) is 0 Å². The summed E-state index contributed by atoms with van der Waals surface area (Å²) in [6.45, 7) is 16.0. The van der Waals surface area contributed by atoms with Crippen LogP contribution in [0.1, 0.15) is 61.6 Å². The maximum atomic E-state index is 4.11. The zero-order valence-corrected chi connectivity index (χ0v) is 13.0. The minimum Gasteiger partial charge on any atom is -0.0988 e. The molecule has 2 aromatic rings. The largest absolute Gasteiger partial charge is 0.0988 e. The monoisotopic (exact) mass is 328 g/mol. The van der Waals surface area contributed by atoms with Gasteiger partial charge in [0.2, 0.25) is 0 Å². The van der Waals surface area contributed by atoms with Gasteiger partial charge < -0.3 is 0 Å². The van der Waals surface area contributed by atoms with E-state index in [1.165, 1.54) is 16.3 Å². The van der Waals surface area contributed by atoms with Crippen LogP contribution in [0.25, 0.3) is 16.3 Å². The molecule has 0 radical (unpaired) electrons. The van der Waals surface area contributed by atoms with Gasteiger partial charge in [-0.05, 0) is 41.8 Å². The van der Waals surface area contributed by atoms with Gasteiger partial charge in [0.15, 0.2) is 0 Å². The van der Waals surface area contributed by atoms with Crippen LogP contribution in [0.15, 0.2) is 67.3 Å². The molecule has 0 spiro atoms. The van der Waals surface area contributed by atoms with Crippen molar-refractivity contribution in [1.82, 2.24) is 0 Å². The molecule has 0 saturated heterocycles. The summed E-state index contributed by atoms with van der Waals surface area (Å²) in [7, 11) is 0. The lowest BCUT2D eigenvalue weighted by Crippen LogP contribution is -1.82. The predicted molar refractivity (Wildman–Crippen MR) is 120 cm³/mol. The first-order valence-corrected chi connectivity index (χ1v) is 7.10. The van der Waals surface area contributed by atoms with Crippen LogP contribution in [0.5, 0.6) is 0 Å². The third-order valence-corrected chi connectivity index (χ3v) is 3.09. The SMILES string of the molecule is C.C.C.C.C=C/C(C)=C\C(=C)c1ccc2cc(C)ccc2c1.CC. The van der Waals surface area contributed by atoms with Gasteiger partial charge >= 0.3 is 0 Å². The summed E-state index contributed by atoms with van der Waals surface area (Å²) in [5.41, 5.74) is 4.60. The Bertz CT molecular complexity index is 642. The summed E-state index contributed by atoms with van der Waals surface area (Å²) in [5, 5.41) is 2.53. The predicted octanol–water partition coefficient (Wildman–Crippen LogP) is 8.86. The van der Waals surface area contributed by atoms with Gasteiger partial charge in [-0.25, -0.2) is 0 Å². The van der Waals surface area contributed by atoms with Gasteiger partial charge in [-0.15, -0.1) is 0 Å². The highest BCUT2D eigenvalue weighted by molar-refractivity contribution is 5.88. The molecular weight excluding hydrogens is 288 g/mol. The first-order chi connectivity index (χ1) is 9.60. The minimum absolute atomic E-state index is 0. The lowest BCUT2D eigenvalue weighted by Gasteiger charge is -2.05. The molecule has 0 aliphatic carbocycles. The Balaban J connectivity index is -0.000000321. The van der Waals surface area contributed by atoms with E-state index < -0.39 is 0 Å². The molecule has 2 aromatic carbocycles. The van der Waals surface area contributed by atoms with Gasteiger partial charge in [-0.2, -0.15) is 0 Å². The summed E-state index contributed by atoms with van der Waals surface area (Å²) >= 11 is 0. The van der Waals surface area contributed by atoms with Crippen LogP contribution in [-0.4, -0.2) is 0 Å². The average Bonchev–Trinajstić information content (AvgIpc) is 2.48. The Morgan fingerprint density at radius 1 is 0.875 bits per heavy atom. The van der Waals surface area contributed by atoms with Gasteiger partial charge in [-0.3, -0.25) is 0 Å². The molecule has 2 rings (SSSR count). The summed E-state index contributed by atoms with van der Waals surface area (Å²) in [5.74, 6) is 0. The van der Waals surface area contributed by atoms with Gasteiger partial charge in [0.1, 0.15) is 0 Å². The average molecular weight is 329 g/mol. The Labute approximate surface area is 152 Å².